The molecule has 0 bridgehead atoms. The quantitative estimate of drug-likeness (QED) is 0.186. The summed E-state index contributed by atoms with van der Waals surface area (Å²) in [7, 11) is 0. The maximum atomic E-state index is 13.0. The Bertz CT molecular complexity index is 1470. The van der Waals surface area contributed by atoms with Crippen LogP contribution in [0.15, 0.2) is 65.6 Å². The fourth-order valence-electron chi connectivity index (χ4n) is 3.62. The first-order chi connectivity index (χ1) is 17.8. The van der Waals surface area contributed by atoms with E-state index < -0.39 is 36.4 Å². The van der Waals surface area contributed by atoms with E-state index in [1.807, 2.05) is 0 Å². The molecule has 0 radical (unpaired) electrons. The van der Waals surface area contributed by atoms with Crippen LogP contribution in [0.5, 0.6) is 11.5 Å². The van der Waals surface area contributed by atoms with Crippen molar-refractivity contribution in [2.75, 3.05) is 6.61 Å². The van der Waals surface area contributed by atoms with Crippen molar-refractivity contribution in [3.63, 3.8) is 0 Å². The first-order valence-electron chi connectivity index (χ1n) is 10.8. The zero-order chi connectivity index (χ0) is 27.7. The van der Waals surface area contributed by atoms with Crippen LogP contribution in [0.2, 0.25) is 0 Å². The number of hydrogen-bond acceptors (Lipinski definition) is 5. The number of alkyl halides is 6. The minimum Gasteiger partial charge on any atom is -0.482 e. The maximum Gasteiger partial charge on any atom is 0.573 e. The summed E-state index contributed by atoms with van der Waals surface area (Å²) in [6, 6.07) is 13.0. The molecule has 3 aromatic carbocycles. The largest absolute Gasteiger partial charge is 0.573 e. The number of rotatable bonds is 8. The lowest BCUT2D eigenvalue weighted by atomic mass is 10.2. The van der Waals surface area contributed by atoms with E-state index in [9.17, 15) is 31.1 Å². The van der Waals surface area contributed by atoms with Crippen LogP contribution in [0.3, 0.4) is 0 Å². The van der Waals surface area contributed by atoms with Crippen molar-refractivity contribution in [2.24, 2.45) is 0 Å². The number of aryl methyl sites for hydroxylation is 1. The van der Waals surface area contributed by atoms with Crippen molar-refractivity contribution < 1.29 is 45.7 Å². The predicted molar refractivity (Wildman–Crippen MR) is 127 cm³/mol. The van der Waals surface area contributed by atoms with Crippen LogP contribution in [0.25, 0.3) is 16.6 Å². The Balaban J connectivity index is 1.66. The second kappa shape index (κ2) is 10.5. The number of ether oxygens (including phenoxy) is 2. The summed E-state index contributed by atoms with van der Waals surface area (Å²) in [4.78, 5) is 11.5. The number of nitrogens with zero attached hydrogens (tertiary/aromatic N) is 2. The number of aliphatic carboxylic acids is 1. The molecule has 1 heterocycles. The molecule has 4 rings (SSSR count). The molecule has 13 heteroatoms. The smallest absolute Gasteiger partial charge is 0.482 e. The number of carboxylic acids is 1. The van der Waals surface area contributed by atoms with E-state index in [2.05, 4.69) is 9.84 Å². The van der Waals surface area contributed by atoms with Gasteiger partial charge in [0.1, 0.15) is 11.5 Å². The normalized spacial score (nSPS) is 12.1. The van der Waals surface area contributed by atoms with Crippen molar-refractivity contribution in [1.29, 1.82) is 0 Å². The minimum atomic E-state index is -4.91. The highest BCUT2D eigenvalue weighted by molar-refractivity contribution is 7.98. The zero-order valence-electron chi connectivity index (χ0n) is 19.4. The molecule has 1 N–H and O–H groups in total. The van der Waals surface area contributed by atoms with Gasteiger partial charge in [-0.3, -0.25) is 0 Å². The van der Waals surface area contributed by atoms with Gasteiger partial charge in [-0.25, -0.2) is 9.48 Å². The molecule has 6 nitrogen and oxygen atoms in total. The van der Waals surface area contributed by atoms with E-state index in [0.717, 1.165) is 23.1 Å². The fourth-order valence-corrected chi connectivity index (χ4v) is 4.56. The molecule has 4 aromatic rings. The number of benzene rings is 3. The van der Waals surface area contributed by atoms with Gasteiger partial charge in [-0.2, -0.15) is 18.3 Å². The SMILES string of the molecule is Cc1cc(SCc2nn(-c3ccc(C(F)(F)F)cc3)c3ccc(OC(F)(F)F)cc23)ccc1OCC(=O)O. The molecule has 0 spiro atoms. The summed E-state index contributed by atoms with van der Waals surface area (Å²) in [5, 5.41) is 13.6. The van der Waals surface area contributed by atoms with Gasteiger partial charge >= 0.3 is 18.5 Å². The van der Waals surface area contributed by atoms with Crippen LogP contribution in [-0.2, 0) is 16.7 Å². The lowest BCUT2D eigenvalue weighted by Gasteiger charge is -2.10. The van der Waals surface area contributed by atoms with E-state index in [-0.39, 0.29) is 5.75 Å². The van der Waals surface area contributed by atoms with Crippen LogP contribution in [0.4, 0.5) is 26.3 Å². The summed E-state index contributed by atoms with van der Waals surface area (Å²) in [6.07, 6.45) is -9.43. The molecular formula is C25H18F6N2O4S. The highest BCUT2D eigenvalue weighted by Crippen LogP contribution is 2.35. The Morgan fingerprint density at radius 1 is 1.00 bits per heavy atom. The lowest BCUT2D eigenvalue weighted by molar-refractivity contribution is -0.274. The van der Waals surface area contributed by atoms with E-state index in [1.165, 1.54) is 40.7 Å². The Labute approximate surface area is 215 Å². The van der Waals surface area contributed by atoms with Gasteiger partial charge in [0.05, 0.1) is 22.5 Å². The van der Waals surface area contributed by atoms with Gasteiger partial charge in [0.15, 0.2) is 6.61 Å². The third-order valence-electron chi connectivity index (χ3n) is 5.27. The molecule has 0 aliphatic rings. The minimum absolute atomic E-state index is 0.203. The predicted octanol–water partition coefficient (Wildman–Crippen LogP) is 7.01. The summed E-state index contributed by atoms with van der Waals surface area (Å²) in [6.45, 7) is 1.24. The van der Waals surface area contributed by atoms with Crippen LogP contribution < -0.4 is 9.47 Å². The van der Waals surface area contributed by atoms with Gasteiger partial charge in [-0.1, -0.05) is 0 Å². The fraction of sp³-hybridized carbons (Fsp3) is 0.200. The summed E-state index contributed by atoms with van der Waals surface area (Å²) in [5.74, 6) is -0.983. The molecule has 0 amide bonds. The van der Waals surface area contributed by atoms with Crippen molar-refractivity contribution in [3.05, 3.63) is 77.5 Å². The number of halogens is 6. The van der Waals surface area contributed by atoms with Gasteiger partial charge < -0.3 is 14.6 Å². The number of carbonyl (C=O) groups is 1. The van der Waals surface area contributed by atoms with E-state index >= 15 is 0 Å². The monoisotopic (exact) mass is 556 g/mol. The highest BCUT2D eigenvalue weighted by Gasteiger charge is 2.32. The van der Waals surface area contributed by atoms with Gasteiger partial charge in [-0.15, -0.1) is 24.9 Å². The lowest BCUT2D eigenvalue weighted by Crippen LogP contribution is -2.17. The molecule has 38 heavy (non-hydrogen) atoms. The second-order valence-electron chi connectivity index (χ2n) is 8.03. The maximum absolute atomic E-state index is 13.0. The molecular weight excluding hydrogens is 538 g/mol. The number of carboxylic acid groups (broad SMARTS) is 1. The Morgan fingerprint density at radius 3 is 2.32 bits per heavy atom. The Morgan fingerprint density at radius 2 is 1.71 bits per heavy atom. The molecule has 1 aromatic heterocycles. The average Bonchev–Trinajstić information content (AvgIpc) is 3.18. The summed E-state index contributed by atoms with van der Waals surface area (Å²) in [5.41, 5.74) is 0.877. The van der Waals surface area contributed by atoms with Crippen LogP contribution in [0.1, 0.15) is 16.8 Å². The molecule has 0 aliphatic carbocycles. The third-order valence-corrected chi connectivity index (χ3v) is 6.28. The number of fused-ring (bicyclic) bond motifs is 1. The zero-order valence-corrected chi connectivity index (χ0v) is 20.2. The number of aromatic nitrogens is 2. The molecule has 0 atom stereocenters. The van der Waals surface area contributed by atoms with Crippen LogP contribution in [-0.4, -0.2) is 33.8 Å². The Kier molecular flexibility index (Phi) is 7.49. The first kappa shape index (κ1) is 27.2. The number of thioether (sulfide) groups is 1. The standard InChI is InChI=1S/C25H18F6N2O4S/c1-14-10-18(7-9-22(14)36-12-23(34)35)38-13-20-19-11-17(37-25(29,30)31)6-8-21(19)33(32-20)16-4-2-15(3-5-16)24(26,27)28/h2-11H,12-13H2,1H3,(H,34,35). The van der Waals surface area contributed by atoms with Crippen LogP contribution >= 0.6 is 11.8 Å². The van der Waals surface area contributed by atoms with Crippen molar-refractivity contribution in [2.45, 2.75) is 30.1 Å². The molecule has 0 unspecified atom stereocenters. The summed E-state index contributed by atoms with van der Waals surface area (Å²) < 4.78 is 88.0. The summed E-state index contributed by atoms with van der Waals surface area (Å²) >= 11 is 1.31. The molecule has 200 valence electrons. The van der Waals surface area contributed by atoms with Crippen molar-refractivity contribution in [3.8, 4) is 17.2 Å². The first-order valence-corrected chi connectivity index (χ1v) is 11.8. The van der Waals surface area contributed by atoms with Gasteiger partial charge in [0.2, 0.25) is 0 Å². The Hall–Kier alpha value is -3.87. The number of hydrogen-bond donors (Lipinski definition) is 1. The van der Waals surface area contributed by atoms with Gasteiger partial charge in [-0.05, 0) is 73.2 Å². The highest BCUT2D eigenvalue weighted by atomic mass is 32.2. The topological polar surface area (TPSA) is 73.6 Å². The molecule has 0 saturated carbocycles. The van der Waals surface area contributed by atoms with E-state index in [1.54, 1.807) is 25.1 Å². The average molecular weight is 556 g/mol. The van der Waals surface area contributed by atoms with Crippen molar-refractivity contribution in [1.82, 2.24) is 9.78 Å². The van der Waals surface area contributed by atoms with Gasteiger partial charge in [0.25, 0.3) is 0 Å². The van der Waals surface area contributed by atoms with E-state index in [0.29, 0.717) is 33.6 Å². The third kappa shape index (κ3) is 6.52. The molecule has 0 aliphatic heterocycles. The molecule has 0 saturated heterocycles. The van der Waals surface area contributed by atoms with E-state index in [4.69, 9.17) is 9.84 Å². The molecule has 0 fully saturated rings. The second-order valence-corrected chi connectivity index (χ2v) is 9.08. The van der Waals surface area contributed by atoms with Gasteiger partial charge in [0, 0.05) is 16.0 Å². The van der Waals surface area contributed by atoms with Crippen LogP contribution in [0, 0.1) is 6.92 Å². The van der Waals surface area contributed by atoms with Crippen molar-refractivity contribution >= 4 is 28.6 Å².